The van der Waals surface area contributed by atoms with Gasteiger partial charge in [-0.15, -0.1) is 0 Å². The number of halogens is 2. The largest absolute Gasteiger partial charge is 0.480 e. The lowest BCUT2D eigenvalue weighted by atomic mass is 10.1. The highest BCUT2D eigenvalue weighted by Gasteiger charge is 2.25. The number of hydrogen-bond donors (Lipinski definition) is 1. The molecule has 106 valence electrons. The molecule has 0 bridgehead atoms. The lowest BCUT2D eigenvalue weighted by Crippen LogP contribution is -2.20. The van der Waals surface area contributed by atoms with E-state index in [1.165, 1.54) is 16.8 Å². The van der Waals surface area contributed by atoms with Crippen molar-refractivity contribution < 1.29 is 14.3 Å². The van der Waals surface area contributed by atoms with Gasteiger partial charge in [0.05, 0.1) is 15.9 Å². The summed E-state index contributed by atoms with van der Waals surface area (Å²) in [4.78, 5) is 11.4. The van der Waals surface area contributed by atoms with Crippen LogP contribution in [0.4, 0.5) is 4.39 Å². The van der Waals surface area contributed by atoms with Crippen LogP contribution in [-0.2, 0) is 4.79 Å². The monoisotopic (exact) mass is 340 g/mol. The number of carbonyl (C=O) groups is 1. The molecule has 1 unspecified atom stereocenters. The smallest absolute Gasteiger partial charge is 0.328 e. The third-order valence-electron chi connectivity index (χ3n) is 3.10. The van der Waals surface area contributed by atoms with Gasteiger partial charge in [0.15, 0.2) is 0 Å². The Hall–Kier alpha value is -1.69. The average molecular weight is 341 g/mol. The molecule has 4 nitrogen and oxygen atoms in total. The van der Waals surface area contributed by atoms with Crippen molar-refractivity contribution in [1.82, 2.24) is 9.78 Å². The van der Waals surface area contributed by atoms with E-state index in [1.807, 2.05) is 0 Å². The maximum absolute atomic E-state index is 13.0. The lowest BCUT2D eigenvalue weighted by Gasteiger charge is -2.14. The molecular weight excluding hydrogens is 327 g/mol. The Kier molecular flexibility index (Phi) is 4.23. The summed E-state index contributed by atoms with van der Waals surface area (Å²) in [6.45, 7) is 3.58. The van der Waals surface area contributed by atoms with Gasteiger partial charge in [-0.25, -0.2) is 13.9 Å². The molecule has 0 fully saturated rings. The quantitative estimate of drug-likeness (QED) is 0.920. The summed E-state index contributed by atoms with van der Waals surface area (Å²) in [5.74, 6) is -1.27. The second-order valence-electron chi connectivity index (χ2n) is 4.46. The van der Waals surface area contributed by atoms with Gasteiger partial charge in [-0.1, -0.05) is 6.92 Å². The molecule has 0 saturated heterocycles. The molecule has 0 aliphatic rings. The van der Waals surface area contributed by atoms with Crippen molar-refractivity contribution in [2.24, 2.45) is 0 Å². The number of hydrogen-bond acceptors (Lipinski definition) is 2. The van der Waals surface area contributed by atoms with Crippen LogP contribution < -0.4 is 0 Å². The topological polar surface area (TPSA) is 55.1 Å². The van der Waals surface area contributed by atoms with Crippen molar-refractivity contribution in [1.29, 1.82) is 0 Å². The highest BCUT2D eigenvalue weighted by Crippen LogP contribution is 2.33. The van der Waals surface area contributed by atoms with Crippen molar-refractivity contribution >= 4 is 21.9 Å². The Morgan fingerprint density at radius 1 is 1.45 bits per heavy atom. The molecule has 6 heteroatoms. The Labute approximate surface area is 124 Å². The standard InChI is InChI=1S/C14H14BrFN2O2/c1-3-11(14(19)20)18-13(12(15)8(2)17-18)9-4-6-10(16)7-5-9/h4-7,11H,3H2,1-2H3,(H,19,20). The summed E-state index contributed by atoms with van der Waals surface area (Å²) >= 11 is 3.43. The molecule has 2 aromatic rings. The summed E-state index contributed by atoms with van der Waals surface area (Å²) in [5, 5.41) is 13.6. The summed E-state index contributed by atoms with van der Waals surface area (Å²) in [6, 6.07) is 5.16. The molecule has 0 saturated carbocycles. The van der Waals surface area contributed by atoms with E-state index in [0.29, 0.717) is 17.8 Å². The first-order chi connectivity index (χ1) is 9.45. The molecule has 1 heterocycles. The van der Waals surface area contributed by atoms with Gasteiger partial charge in [-0.3, -0.25) is 0 Å². The van der Waals surface area contributed by atoms with Gasteiger partial charge < -0.3 is 5.11 Å². The predicted octanol–water partition coefficient (Wildman–Crippen LogP) is 3.80. The molecule has 1 N–H and O–H groups in total. The summed E-state index contributed by atoms with van der Waals surface area (Å²) < 4.78 is 15.2. The number of carboxylic acids is 1. The first-order valence-corrected chi connectivity index (χ1v) is 6.98. The number of aliphatic carboxylic acids is 1. The Balaban J connectivity index is 2.62. The number of aromatic nitrogens is 2. The van der Waals surface area contributed by atoms with Crippen LogP contribution in [-0.4, -0.2) is 20.9 Å². The van der Waals surface area contributed by atoms with Crippen LogP contribution in [0.5, 0.6) is 0 Å². The number of carboxylic acid groups (broad SMARTS) is 1. The van der Waals surface area contributed by atoms with E-state index in [0.717, 1.165) is 10.0 Å². The molecule has 2 rings (SSSR count). The number of aryl methyl sites for hydroxylation is 1. The molecule has 1 atom stereocenters. The number of rotatable bonds is 4. The van der Waals surface area contributed by atoms with Crippen LogP contribution >= 0.6 is 15.9 Å². The predicted molar refractivity (Wildman–Crippen MR) is 77.0 cm³/mol. The lowest BCUT2D eigenvalue weighted by molar-refractivity contribution is -0.141. The molecule has 0 radical (unpaired) electrons. The zero-order valence-corrected chi connectivity index (χ0v) is 12.7. The van der Waals surface area contributed by atoms with Crippen molar-refractivity contribution in [2.45, 2.75) is 26.3 Å². The third-order valence-corrected chi connectivity index (χ3v) is 4.05. The van der Waals surface area contributed by atoms with E-state index in [2.05, 4.69) is 21.0 Å². The summed E-state index contributed by atoms with van der Waals surface area (Å²) in [6.07, 6.45) is 0.414. The minimum atomic E-state index is -0.939. The molecule has 0 aliphatic carbocycles. The summed E-state index contributed by atoms with van der Waals surface area (Å²) in [5.41, 5.74) is 2.07. The van der Waals surface area contributed by atoms with Crippen LogP contribution in [0.1, 0.15) is 25.1 Å². The second-order valence-corrected chi connectivity index (χ2v) is 5.25. The zero-order valence-electron chi connectivity index (χ0n) is 11.1. The first-order valence-electron chi connectivity index (χ1n) is 6.19. The first kappa shape index (κ1) is 14.7. The maximum atomic E-state index is 13.0. The normalized spacial score (nSPS) is 12.4. The number of benzene rings is 1. The number of nitrogens with zero attached hydrogens (tertiary/aromatic N) is 2. The molecule has 1 aromatic carbocycles. The molecular formula is C14H14BrFN2O2. The Morgan fingerprint density at radius 2 is 2.05 bits per heavy atom. The highest BCUT2D eigenvalue weighted by molar-refractivity contribution is 9.10. The fourth-order valence-electron chi connectivity index (χ4n) is 2.07. The van der Waals surface area contributed by atoms with Gasteiger partial charge in [0.1, 0.15) is 11.9 Å². The SMILES string of the molecule is CCC(C(=O)O)n1nc(C)c(Br)c1-c1ccc(F)cc1. The zero-order chi connectivity index (χ0) is 14.9. The molecule has 1 aromatic heterocycles. The Bertz CT molecular complexity index is 637. The van der Waals surface area contributed by atoms with E-state index in [9.17, 15) is 14.3 Å². The maximum Gasteiger partial charge on any atom is 0.328 e. The molecule has 0 aliphatic heterocycles. The van der Waals surface area contributed by atoms with Gasteiger partial charge in [-0.2, -0.15) is 5.10 Å². The summed E-state index contributed by atoms with van der Waals surface area (Å²) in [7, 11) is 0. The fourth-order valence-corrected chi connectivity index (χ4v) is 2.56. The van der Waals surface area contributed by atoms with Crippen LogP contribution in [0.3, 0.4) is 0 Å². The van der Waals surface area contributed by atoms with Crippen molar-refractivity contribution in [3.05, 3.63) is 40.2 Å². The van der Waals surface area contributed by atoms with Gasteiger partial charge in [-0.05, 0) is 53.5 Å². The van der Waals surface area contributed by atoms with E-state index in [1.54, 1.807) is 26.0 Å². The van der Waals surface area contributed by atoms with Crippen molar-refractivity contribution in [2.75, 3.05) is 0 Å². The van der Waals surface area contributed by atoms with E-state index in [-0.39, 0.29) is 5.82 Å². The van der Waals surface area contributed by atoms with Crippen LogP contribution in [0, 0.1) is 12.7 Å². The van der Waals surface area contributed by atoms with Crippen LogP contribution in [0.25, 0.3) is 11.3 Å². The minimum absolute atomic E-state index is 0.335. The second kappa shape index (κ2) is 5.75. The van der Waals surface area contributed by atoms with Gasteiger partial charge in [0.25, 0.3) is 0 Å². The highest BCUT2D eigenvalue weighted by atomic mass is 79.9. The Morgan fingerprint density at radius 3 is 2.55 bits per heavy atom. The van der Waals surface area contributed by atoms with Crippen molar-refractivity contribution in [3.8, 4) is 11.3 Å². The van der Waals surface area contributed by atoms with E-state index >= 15 is 0 Å². The molecule has 20 heavy (non-hydrogen) atoms. The van der Waals surface area contributed by atoms with E-state index in [4.69, 9.17) is 0 Å². The molecule has 0 spiro atoms. The average Bonchev–Trinajstić information content (AvgIpc) is 2.68. The van der Waals surface area contributed by atoms with E-state index < -0.39 is 12.0 Å². The minimum Gasteiger partial charge on any atom is -0.480 e. The van der Waals surface area contributed by atoms with Gasteiger partial charge in [0, 0.05) is 5.56 Å². The van der Waals surface area contributed by atoms with Crippen LogP contribution in [0.2, 0.25) is 0 Å². The van der Waals surface area contributed by atoms with Gasteiger partial charge in [0.2, 0.25) is 0 Å². The molecule has 0 amide bonds. The third kappa shape index (κ3) is 2.60. The van der Waals surface area contributed by atoms with Gasteiger partial charge >= 0.3 is 5.97 Å². The van der Waals surface area contributed by atoms with Crippen LogP contribution in [0.15, 0.2) is 28.7 Å². The van der Waals surface area contributed by atoms with Crippen molar-refractivity contribution in [3.63, 3.8) is 0 Å². The fraction of sp³-hybridized carbons (Fsp3) is 0.286.